The summed E-state index contributed by atoms with van der Waals surface area (Å²) in [6.45, 7) is 3.98. The molecule has 1 aliphatic carbocycles. The van der Waals surface area contributed by atoms with Crippen LogP contribution in [0.3, 0.4) is 0 Å². The largest absolute Gasteiger partial charge is 0.354 e. The van der Waals surface area contributed by atoms with Crippen molar-refractivity contribution in [2.24, 2.45) is 0 Å². The molecule has 0 spiro atoms. The van der Waals surface area contributed by atoms with Gasteiger partial charge < -0.3 is 15.1 Å². The van der Waals surface area contributed by atoms with Gasteiger partial charge in [-0.2, -0.15) is 0 Å². The molecule has 3 heterocycles. The van der Waals surface area contributed by atoms with Crippen molar-refractivity contribution in [2.45, 2.75) is 18.8 Å². The van der Waals surface area contributed by atoms with Gasteiger partial charge in [0.2, 0.25) is 0 Å². The molecule has 8 heteroatoms. The van der Waals surface area contributed by atoms with Crippen molar-refractivity contribution in [3.05, 3.63) is 60.0 Å². The van der Waals surface area contributed by atoms with E-state index in [1.165, 1.54) is 0 Å². The summed E-state index contributed by atoms with van der Waals surface area (Å²) in [5.74, 6) is 1.03. The first-order valence-electron chi connectivity index (χ1n) is 10.4. The summed E-state index contributed by atoms with van der Waals surface area (Å²) in [5, 5.41) is 11.4. The number of benzene rings is 1. The van der Waals surface area contributed by atoms with Crippen molar-refractivity contribution >= 4 is 17.4 Å². The number of piperazine rings is 1. The van der Waals surface area contributed by atoms with Gasteiger partial charge in [-0.05, 0) is 44.2 Å². The molecule has 1 saturated heterocycles. The average molecular weight is 403 g/mol. The summed E-state index contributed by atoms with van der Waals surface area (Å²) in [4.78, 5) is 22.1. The van der Waals surface area contributed by atoms with Crippen molar-refractivity contribution in [3.8, 4) is 5.69 Å². The Hall–Kier alpha value is -3.26. The summed E-state index contributed by atoms with van der Waals surface area (Å²) >= 11 is 0. The predicted octanol–water partition coefficient (Wildman–Crippen LogP) is 2.54. The fraction of sp³-hybridized carbons (Fsp3) is 0.364. The van der Waals surface area contributed by atoms with Crippen LogP contribution in [0.15, 0.2) is 48.7 Å². The van der Waals surface area contributed by atoms with Gasteiger partial charge in [0.05, 0.1) is 23.3 Å². The van der Waals surface area contributed by atoms with Gasteiger partial charge in [0.15, 0.2) is 5.69 Å². The molecule has 1 amide bonds. The number of hydrogen-bond acceptors (Lipinski definition) is 6. The van der Waals surface area contributed by atoms with Crippen LogP contribution in [0.2, 0.25) is 0 Å². The van der Waals surface area contributed by atoms with Crippen LogP contribution in [-0.4, -0.2) is 64.0 Å². The first-order valence-corrected chi connectivity index (χ1v) is 10.4. The van der Waals surface area contributed by atoms with Crippen molar-refractivity contribution in [1.29, 1.82) is 0 Å². The lowest BCUT2D eigenvalue weighted by atomic mass is 10.2. The van der Waals surface area contributed by atoms with Crippen LogP contribution in [0.4, 0.5) is 11.5 Å². The molecule has 2 fully saturated rings. The molecule has 30 heavy (non-hydrogen) atoms. The standard InChI is InChI=1S/C22H25N7O/c1-27-11-13-28(14-12-27)19-10-9-17(15-23-19)24-22(30)20-21(16-7-8-16)29(26-25-20)18-5-3-2-4-6-18/h2-6,9-10,15-16H,7-8,11-14H2,1H3,(H,24,30). The summed E-state index contributed by atoms with van der Waals surface area (Å²) in [5.41, 5.74) is 2.86. The molecule has 5 rings (SSSR count). The molecule has 8 nitrogen and oxygen atoms in total. The number of hydrogen-bond donors (Lipinski definition) is 1. The Morgan fingerprint density at radius 3 is 2.47 bits per heavy atom. The molecule has 1 saturated carbocycles. The van der Waals surface area contributed by atoms with Gasteiger partial charge in [-0.1, -0.05) is 23.4 Å². The van der Waals surface area contributed by atoms with Crippen molar-refractivity contribution in [3.63, 3.8) is 0 Å². The summed E-state index contributed by atoms with van der Waals surface area (Å²) in [7, 11) is 2.13. The SMILES string of the molecule is CN1CCN(c2ccc(NC(=O)c3nnn(-c4ccccc4)c3C3CC3)cn2)CC1. The Kier molecular flexibility index (Phi) is 4.92. The van der Waals surface area contributed by atoms with Crippen LogP contribution in [0.5, 0.6) is 0 Å². The number of rotatable bonds is 5. The van der Waals surface area contributed by atoms with Gasteiger partial charge >= 0.3 is 0 Å². The molecule has 2 aliphatic rings. The van der Waals surface area contributed by atoms with Crippen LogP contribution >= 0.6 is 0 Å². The second-order valence-corrected chi connectivity index (χ2v) is 7.99. The molecular formula is C22H25N7O. The van der Waals surface area contributed by atoms with Gasteiger partial charge in [0.1, 0.15) is 5.82 Å². The molecule has 154 valence electrons. The fourth-order valence-corrected chi connectivity index (χ4v) is 3.81. The zero-order chi connectivity index (χ0) is 20.5. The topological polar surface area (TPSA) is 79.2 Å². The first-order chi connectivity index (χ1) is 14.7. The molecule has 1 N–H and O–H groups in total. The van der Waals surface area contributed by atoms with E-state index in [0.29, 0.717) is 17.3 Å². The molecule has 0 bridgehead atoms. The number of likely N-dealkylation sites (N-methyl/N-ethyl adjacent to an activating group) is 1. The second-order valence-electron chi connectivity index (χ2n) is 7.99. The Morgan fingerprint density at radius 1 is 1.03 bits per heavy atom. The van der Waals surface area contributed by atoms with E-state index in [1.807, 2.05) is 42.5 Å². The minimum absolute atomic E-state index is 0.242. The molecule has 1 aromatic carbocycles. The number of carbonyl (C=O) groups excluding carboxylic acids is 1. The smallest absolute Gasteiger partial charge is 0.278 e. The Bertz CT molecular complexity index is 1020. The van der Waals surface area contributed by atoms with E-state index in [2.05, 4.69) is 37.5 Å². The normalized spacial score (nSPS) is 17.2. The molecule has 3 aromatic rings. The number of nitrogens with one attached hydrogen (secondary N) is 1. The average Bonchev–Trinajstić information content (AvgIpc) is 3.53. The van der Waals surface area contributed by atoms with E-state index in [4.69, 9.17) is 0 Å². The number of aromatic nitrogens is 4. The monoisotopic (exact) mass is 403 g/mol. The molecule has 0 atom stereocenters. The lowest BCUT2D eigenvalue weighted by Crippen LogP contribution is -2.44. The Balaban J connectivity index is 1.33. The van der Waals surface area contributed by atoms with Crippen molar-refractivity contribution < 1.29 is 4.79 Å². The summed E-state index contributed by atoms with van der Waals surface area (Å²) in [6, 6.07) is 13.7. The maximum Gasteiger partial charge on any atom is 0.278 e. The quantitative estimate of drug-likeness (QED) is 0.705. The van der Waals surface area contributed by atoms with E-state index in [0.717, 1.165) is 56.2 Å². The molecular weight excluding hydrogens is 378 g/mol. The zero-order valence-electron chi connectivity index (χ0n) is 17.0. The second kappa shape index (κ2) is 7.87. The highest BCUT2D eigenvalue weighted by Crippen LogP contribution is 2.42. The molecule has 1 aliphatic heterocycles. The third-order valence-electron chi connectivity index (χ3n) is 5.72. The van der Waals surface area contributed by atoms with Gasteiger partial charge in [0.25, 0.3) is 5.91 Å². The third kappa shape index (κ3) is 3.78. The van der Waals surface area contributed by atoms with Crippen molar-refractivity contribution in [2.75, 3.05) is 43.4 Å². The van der Waals surface area contributed by atoms with Crippen LogP contribution < -0.4 is 10.2 Å². The number of nitrogens with zero attached hydrogens (tertiary/aromatic N) is 6. The number of pyridine rings is 1. The fourth-order valence-electron chi connectivity index (χ4n) is 3.81. The highest BCUT2D eigenvalue weighted by atomic mass is 16.2. The highest BCUT2D eigenvalue weighted by Gasteiger charge is 2.34. The van der Waals surface area contributed by atoms with Crippen LogP contribution in [0, 0.1) is 0 Å². The molecule has 0 radical (unpaired) electrons. The maximum absolute atomic E-state index is 13.0. The zero-order valence-corrected chi connectivity index (χ0v) is 17.0. The van der Waals surface area contributed by atoms with E-state index in [-0.39, 0.29) is 5.91 Å². The summed E-state index contributed by atoms with van der Waals surface area (Å²) in [6.07, 6.45) is 3.83. The number of anilines is 2. The minimum Gasteiger partial charge on any atom is -0.354 e. The van der Waals surface area contributed by atoms with Gasteiger partial charge in [-0.25, -0.2) is 9.67 Å². The van der Waals surface area contributed by atoms with Gasteiger partial charge in [-0.3, -0.25) is 4.79 Å². The third-order valence-corrected chi connectivity index (χ3v) is 5.72. The molecule has 0 unspecified atom stereocenters. The van der Waals surface area contributed by atoms with E-state index >= 15 is 0 Å². The first kappa shape index (κ1) is 18.7. The Labute approximate surface area is 175 Å². The van der Waals surface area contributed by atoms with E-state index in [1.54, 1.807) is 10.9 Å². The lowest BCUT2D eigenvalue weighted by molar-refractivity contribution is 0.102. The minimum atomic E-state index is -0.242. The number of carbonyl (C=O) groups is 1. The number of amides is 1. The molecule has 2 aromatic heterocycles. The van der Waals surface area contributed by atoms with Crippen LogP contribution in [0.1, 0.15) is 34.9 Å². The van der Waals surface area contributed by atoms with Gasteiger partial charge in [-0.15, -0.1) is 5.10 Å². The highest BCUT2D eigenvalue weighted by molar-refractivity contribution is 6.03. The van der Waals surface area contributed by atoms with Gasteiger partial charge in [0, 0.05) is 32.1 Å². The Morgan fingerprint density at radius 2 is 1.80 bits per heavy atom. The van der Waals surface area contributed by atoms with Crippen LogP contribution in [-0.2, 0) is 0 Å². The summed E-state index contributed by atoms with van der Waals surface area (Å²) < 4.78 is 1.79. The maximum atomic E-state index is 13.0. The lowest BCUT2D eigenvalue weighted by Gasteiger charge is -2.33. The van der Waals surface area contributed by atoms with E-state index in [9.17, 15) is 4.79 Å². The predicted molar refractivity (Wildman–Crippen MR) is 115 cm³/mol. The van der Waals surface area contributed by atoms with Crippen molar-refractivity contribution in [1.82, 2.24) is 24.9 Å². The number of para-hydroxylation sites is 1. The van der Waals surface area contributed by atoms with Crippen LogP contribution in [0.25, 0.3) is 5.69 Å². The van der Waals surface area contributed by atoms with E-state index < -0.39 is 0 Å².